The van der Waals surface area contributed by atoms with Crippen LogP contribution in [0.15, 0.2) is 52.1 Å². The Balaban J connectivity index is 1.77. The van der Waals surface area contributed by atoms with Crippen LogP contribution in [0, 0.1) is 0 Å². The minimum absolute atomic E-state index is 0.0938. The Morgan fingerprint density at radius 3 is 2.73 bits per heavy atom. The van der Waals surface area contributed by atoms with Crippen LogP contribution in [-0.2, 0) is 0 Å². The molecule has 7 nitrogen and oxygen atoms in total. The predicted octanol–water partition coefficient (Wildman–Crippen LogP) is 1.04. The van der Waals surface area contributed by atoms with Crippen molar-refractivity contribution in [2.45, 2.75) is 12.0 Å². The van der Waals surface area contributed by atoms with Gasteiger partial charge >= 0.3 is 11.4 Å². The normalized spacial score (nSPS) is 22.2. The minimum atomic E-state index is -0.516. The molecule has 1 aromatic carbocycles. The van der Waals surface area contributed by atoms with Gasteiger partial charge in [0.2, 0.25) is 6.79 Å². The summed E-state index contributed by atoms with van der Waals surface area (Å²) in [5, 5.41) is 2.52. The highest BCUT2D eigenvalue weighted by Crippen LogP contribution is 2.39. The molecular formula is C15H13N3O4. The van der Waals surface area contributed by atoms with Gasteiger partial charge in [0, 0.05) is 5.92 Å². The van der Waals surface area contributed by atoms with E-state index < -0.39 is 11.4 Å². The predicted molar refractivity (Wildman–Crippen MR) is 78.3 cm³/mol. The van der Waals surface area contributed by atoms with E-state index in [2.05, 4.69) is 10.1 Å². The van der Waals surface area contributed by atoms with Gasteiger partial charge in [-0.05, 0) is 17.7 Å². The second-order valence-electron chi connectivity index (χ2n) is 5.14. The molecule has 0 radical (unpaired) electrons. The maximum atomic E-state index is 11.9. The molecule has 0 saturated carbocycles. The Morgan fingerprint density at radius 1 is 1.09 bits per heavy atom. The van der Waals surface area contributed by atoms with Crippen LogP contribution >= 0.6 is 0 Å². The molecule has 0 fully saturated rings. The molecule has 7 heteroatoms. The summed E-state index contributed by atoms with van der Waals surface area (Å²) in [6, 6.07) is 5.38. The van der Waals surface area contributed by atoms with Crippen LogP contribution in [0.3, 0.4) is 0 Å². The highest BCUT2D eigenvalue weighted by Gasteiger charge is 2.26. The van der Waals surface area contributed by atoms with Gasteiger partial charge in [0.25, 0.3) is 0 Å². The molecule has 0 spiro atoms. The highest BCUT2D eigenvalue weighted by atomic mass is 16.7. The summed E-state index contributed by atoms with van der Waals surface area (Å²) in [5.41, 5.74) is 0.00174. The first-order valence-electron chi connectivity index (χ1n) is 6.88. The third kappa shape index (κ3) is 1.98. The molecule has 0 saturated heterocycles. The summed E-state index contributed by atoms with van der Waals surface area (Å²) in [5.74, 6) is 1.31. The van der Waals surface area contributed by atoms with E-state index in [4.69, 9.17) is 9.47 Å². The van der Waals surface area contributed by atoms with Crippen LogP contribution in [-0.4, -0.2) is 21.6 Å². The molecule has 4 rings (SSSR count). The summed E-state index contributed by atoms with van der Waals surface area (Å²) >= 11 is 0. The lowest BCUT2D eigenvalue weighted by molar-refractivity contribution is 0.174. The van der Waals surface area contributed by atoms with E-state index in [0.29, 0.717) is 11.5 Å². The van der Waals surface area contributed by atoms with E-state index >= 15 is 0 Å². The number of allylic oxidation sites excluding steroid dienone is 4. The largest absolute Gasteiger partial charge is 0.454 e. The van der Waals surface area contributed by atoms with E-state index in [9.17, 15) is 9.59 Å². The summed E-state index contributed by atoms with van der Waals surface area (Å²) in [4.78, 5) is 25.4. The Bertz CT molecular complexity index is 887. The minimum Gasteiger partial charge on any atom is -0.454 e. The van der Waals surface area contributed by atoms with Crippen molar-refractivity contribution in [2.24, 2.45) is 0 Å². The first kappa shape index (κ1) is 12.8. The maximum Gasteiger partial charge on any atom is 0.344 e. The summed E-state index contributed by atoms with van der Waals surface area (Å²) in [7, 11) is 0. The van der Waals surface area contributed by atoms with E-state index in [1.807, 2.05) is 42.5 Å². The van der Waals surface area contributed by atoms with Gasteiger partial charge < -0.3 is 9.47 Å². The van der Waals surface area contributed by atoms with Gasteiger partial charge in [-0.15, -0.1) is 0 Å². The Kier molecular flexibility index (Phi) is 2.78. The molecule has 1 aromatic heterocycles. The van der Waals surface area contributed by atoms with Crippen LogP contribution in [0.2, 0.25) is 0 Å². The number of nitrogens with zero attached hydrogens (tertiary/aromatic N) is 1. The smallest absolute Gasteiger partial charge is 0.344 e. The van der Waals surface area contributed by atoms with Gasteiger partial charge in [-0.1, -0.05) is 30.4 Å². The van der Waals surface area contributed by atoms with Crippen LogP contribution < -0.4 is 20.9 Å². The standard InChI is InChI=1S/C15H13N3O4/c19-14-16-15(20)18(17-14)11-4-2-1-3-10(11)9-5-6-12-13(7-9)22-8-21-12/h1-7,10-11H,8H2,(H2,16,17,19,20)/t10-,11+/m1/s1. The third-order valence-electron chi connectivity index (χ3n) is 3.85. The number of hydrogen-bond donors (Lipinski definition) is 2. The Labute approximate surface area is 124 Å². The average Bonchev–Trinajstić information content (AvgIpc) is 3.12. The fourth-order valence-electron chi connectivity index (χ4n) is 2.83. The number of benzene rings is 1. The Hall–Kier alpha value is -2.96. The number of hydrogen-bond acceptors (Lipinski definition) is 4. The van der Waals surface area contributed by atoms with Gasteiger partial charge in [-0.3, -0.25) is 4.98 Å². The van der Waals surface area contributed by atoms with Crippen LogP contribution in [0.5, 0.6) is 11.5 Å². The molecule has 1 aliphatic heterocycles. The molecule has 0 bridgehead atoms. The van der Waals surface area contributed by atoms with Crippen molar-refractivity contribution in [2.75, 3.05) is 6.79 Å². The van der Waals surface area contributed by atoms with Crippen LogP contribution in [0.4, 0.5) is 0 Å². The zero-order valence-electron chi connectivity index (χ0n) is 11.5. The quantitative estimate of drug-likeness (QED) is 0.867. The average molecular weight is 299 g/mol. The first-order chi connectivity index (χ1) is 10.7. The van der Waals surface area contributed by atoms with Gasteiger partial charge in [-0.25, -0.2) is 19.4 Å². The van der Waals surface area contributed by atoms with Crippen molar-refractivity contribution < 1.29 is 9.47 Å². The van der Waals surface area contributed by atoms with Crippen molar-refractivity contribution in [3.8, 4) is 11.5 Å². The number of aromatic amines is 2. The van der Waals surface area contributed by atoms with Crippen LogP contribution in [0.25, 0.3) is 0 Å². The lowest BCUT2D eigenvalue weighted by atomic mass is 9.88. The zero-order valence-corrected chi connectivity index (χ0v) is 11.5. The Morgan fingerprint density at radius 2 is 1.91 bits per heavy atom. The number of ether oxygens (including phenoxy) is 2. The number of H-pyrrole nitrogens is 2. The van der Waals surface area contributed by atoms with Crippen molar-refractivity contribution in [3.63, 3.8) is 0 Å². The monoisotopic (exact) mass is 299 g/mol. The molecule has 2 N–H and O–H groups in total. The fourth-order valence-corrected chi connectivity index (χ4v) is 2.83. The third-order valence-corrected chi connectivity index (χ3v) is 3.85. The highest BCUT2D eigenvalue weighted by molar-refractivity contribution is 5.47. The van der Waals surface area contributed by atoms with Crippen molar-refractivity contribution in [1.29, 1.82) is 0 Å². The van der Waals surface area contributed by atoms with E-state index in [0.717, 1.165) is 5.56 Å². The molecule has 2 aromatic rings. The lowest BCUT2D eigenvalue weighted by Crippen LogP contribution is -2.27. The second-order valence-corrected chi connectivity index (χ2v) is 5.14. The van der Waals surface area contributed by atoms with Crippen molar-refractivity contribution in [3.05, 3.63) is 69.0 Å². The van der Waals surface area contributed by atoms with E-state index in [1.54, 1.807) is 0 Å². The fraction of sp³-hybridized carbons (Fsp3) is 0.200. The van der Waals surface area contributed by atoms with E-state index in [1.165, 1.54) is 4.68 Å². The molecule has 112 valence electrons. The summed E-state index contributed by atoms with van der Waals surface area (Å²) in [6.45, 7) is 0.215. The second kappa shape index (κ2) is 4.80. The molecule has 2 aliphatic rings. The maximum absolute atomic E-state index is 11.9. The zero-order chi connectivity index (χ0) is 15.1. The summed E-state index contributed by atoms with van der Waals surface area (Å²) < 4.78 is 12.0. The molecule has 2 heterocycles. The first-order valence-corrected chi connectivity index (χ1v) is 6.88. The molecule has 1 aliphatic carbocycles. The van der Waals surface area contributed by atoms with Crippen molar-refractivity contribution >= 4 is 0 Å². The van der Waals surface area contributed by atoms with Gasteiger partial charge in [0.15, 0.2) is 11.5 Å². The SMILES string of the molecule is O=c1[nH]c(=O)n([C@H]2C=CC=C[C@@H]2c2ccc3c(c2)OCO3)[nH]1. The number of fused-ring (bicyclic) bond motifs is 1. The lowest BCUT2D eigenvalue weighted by Gasteiger charge is -2.24. The van der Waals surface area contributed by atoms with Gasteiger partial charge in [-0.2, -0.15) is 0 Å². The van der Waals surface area contributed by atoms with Gasteiger partial charge in [0.1, 0.15) is 0 Å². The molecular weight excluding hydrogens is 286 g/mol. The van der Waals surface area contributed by atoms with Gasteiger partial charge in [0.05, 0.1) is 6.04 Å². The molecule has 0 unspecified atom stereocenters. The van der Waals surface area contributed by atoms with Crippen molar-refractivity contribution in [1.82, 2.24) is 14.8 Å². The topological polar surface area (TPSA) is 89.1 Å². The van der Waals surface area contributed by atoms with Crippen LogP contribution in [0.1, 0.15) is 17.5 Å². The number of rotatable bonds is 2. The molecule has 22 heavy (non-hydrogen) atoms. The number of aromatic nitrogens is 3. The number of nitrogens with one attached hydrogen (secondary N) is 2. The molecule has 0 amide bonds. The van der Waals surface area contributed by atoms with E-state index in [-0.39, 0.29) is 18.8 Å². The summed E-state index contributed by atoms with van der Waals surface area (Å²) in [6.07, 6.45) is 7.63. The molecule has 2 atom stereocenters.